The Bertz CT molecular complexity index is 484. The van der Waals surface area contributed by atoms with Gasteiger partial charge in [0.15, 0.2) is 0 Å². The van der Waals surface area contributed by atoms with E-state index in [9.17, 15) is 10.1 Å². The topological polar surface area (TPSA) is 64.4 Å². The van der Waals surface area contributed by atoms with E-state index in [1.807, 2.05) is 6.92 Å². The molecule has 1 aliphatic rings. The average Bonchev–Trinajstić information content (AvgIpc) is 3.10. The SMILES string of the molecule is CCOc1ccc(NC(C)C2(C)CC2)c([N+](=O)[O-])c1. The van der Waals surface area contributed by atoms with Gasteiger partial charge in [-0.25, -0.2) is 0 Å². The normalized spacial score (nSPS) is 17.6. The highest BCUT2D eigenvalue weighted by Crippen LogP contribution is 2.49. The Morgan fingerprint density at radius 3 is 2.74 bits per heavy atom. The lowest BCUT2D eigenvalue weighted by atomic mass is 10.0. The van der Waals surface area contributed by atoms with Crippen molar-refractivity contribution in [3.8, 4) is 5.75 Å². The molecule has 2 rings (SSSR count). The number of ether oxygens (including phenoxy) is 1. The maximum atomic E-state index is 11.1. The summed E-state index contributed by atoms with van der Waals surface area (Å²) in [5.41, 5.74) is 0.906. The van der Waals surface area contributed by atoms with Crippen molar-refractivity contribution in [2.45, 2.75) is 39.7 Å². The number of nitrogens with zero attached hydrogens (tertiary/aromatic N) is 1. The van der Waals surface area contributed by atoms with Crippen LogP contribution in [0.4, 0.5) is 11.4 Å². The molecule has 1 N–H and O–H groups in total. The zero-order valence-corrected chi connectivity index (χ0v) is 11.6. The number of hydrogen-bond donors (Lipinski definition) is 1. The van der Waals surface area contributed by atoms with Gasteiger partial charge in [-0.1, -0.05) is 6.92 Å². The third-order valence-electron chi connectivity index (χ3n) is 3.93. The van der Waals surface area contributed by atoms with Gasteiger partial charge in [0.2, 0.25) is 0 Å². The molecular formula is C14H20N2O3. The molecule has 0 heterocycles. The molecule has 0 spiro atoms. The van der Waals surface area contributed by atoms with Gasteiger partial charge < -0.3 is 10.1 Å². The molecule has 1 fully saturated rings. The quantitative estimate of drug-likeness (QED) is 0.630. The Kier molecular flexibility index (Phi) is 3.64. The van der Waals surface area contributed by atoms with Crippen molar-refractivity contribution in [3.63, 3.8) is 0 Å². The van der Waals surface area contributed by atoms with Crippen LogP contribution in [-0.2, 0) is 0 Å². The minimum atomic E-state index is -0.368. The fraction of sp³-hybridized carbons (Fsp3) is 0.571. The fourth-order valence-electron chi connectivity index (χ4n) is 2.08. The first-order chi connectivity index (χ1) is 8.96. The molecule has 0 aromatic heterocycles. The zero-order chi connectivity index (χ0) is 14.0. The lowest BCUT2D eigenvalue weighted by Crippen LogP contribution is -2.25. The summed E-state index contributed by atoms with van der Waals surface area (Å²) in [5.74, 6) is 0.532. The van der Waals surface area contributed by atoms with Gasteiger partial charge in [-0.05, 0) is 44.2 Å². The highest BCUT2D eigenvalue weighted by Gasteiger charge is 2.42. The lowest BCUT2D eigenvalue weighted by molar-refractivity contribution is -0.384. The largest absolute Gasteiger partial charge is 0.494 e. The number of anilines is 1. The van der Waals surface area contributed by atoms with E-state index in [0.717, 1.165) is 0 Å². The first-order valence-electron chi connectivity index (χ1n) is 6.64. The minimum absolute atomic E-state index is 0.0713. The van der Waals surface area contributed by atoms with E-state index < -0.39 is 0 Å². The first kappa shape index (κ1) is 13.6. The average molecular weight is 264 g/mol. The molecule has 0 saturated heterocycles. The van der Waals surface area contributed by atoms with Crippen molar-refractivity contribution in [1.29, 1.82) is 0 Å². The van der Waals surface area contributed by atoms with Gasteiger partial charge in [-0.2, -0.15) is 0 Å². The minimum Gasteiger partial charge on any atom is -0.494 e. The number of nitro groups is 1. The second-order valence-corrected chi connectivity index (χ2v) is 5.39. The number of nitrogens with one attached hydrogen (secondary N) is 1. The molecule has 1 atom stereocenters. The van der Waals surface area contributed by atoms with Gasteiger partial charge in [-0.3, -0.25) is 10.1 Å². The van der Waals surface area contributed by atoms with Crippen molar-refractivity contribution in [1.82, 2.24) is 0 Å². The van der Waals surface area contributed by atoms with Gasteiger partial charge >= 0.3 is 0 Å². The Hall–Kier alpha value is -1.78. The van der Waals surface area contributed by atoms with Gasteiger partial charge in [0.25, 0.3) is 5.69 Å². The van der Waals surface area contributed by atoms with Crippen LogP contribution >= 0.6 is 0 Å². The molecule has 1 aromatic carbocycles. The van der Waals surface area contributed by atoms with Crippen LogP contribution in [0.3, 0.4) is 0 Å². The zero-order valence-electron chi connectivity index (χ0n) is 11.6. The van der Waals surface area contributed by atoms with Crippen molar-refractivity contribution in [2.75, 3.05) is 11.9 Å². The number of nitro benzene ring substituents is 1. The van der Waals surface area contributed by atoms with Crippen LogP contribution in [0.5, 0.6) is 5.75 Å². The van der Waals surface area contributed by atoms with E-state index in [1.165, 1.54) is 18.9 Å². The molecule has 0 bridgehead atoms. The van der Waals surface area contributed by atoms with E-state index >= 15 is 0 Å². The molecule has 5 heteroatoms. The molecule has 0 amide bonds. The summed E-state index contributed by atoms with van der Waals surface area (Å²) in [5, 5.41) is 14.4. The molecule has 5 nitrogen and oxygen atoms in total. The summed E-state index contributed by atoms with van der Waals surface area (Å²) < 4.78 is 5.30. The van der Waals surface area contributed by atoms with Crippen LogP contribution < -0.4 is 10.1 Å². The number of benzene rings is 1. The molecule has 1 aliphatic carbocycles. The fourth-order valence-corrected chi connectivity index (χ4v) is 2.08. The van der Waals surface area contributed by atoms with Gasteiger partial charge in [0.05, 0.1) is 17.6 Å². The molecule has 104 valence electrons. The van der Waals surface area contributed by atoms with E-state index in [0.29, 0.717) is 18.0 Å². The second-order valence-electron chi connectivity index (χ2n) is 5.39. The molecule has 1 saturated carbocycles. The highest BCUT2D eigenvalue weighted by atomic mass is 16.6. The predicted octanol–water partition coefficient (Wildman–Crippen LogP) is 3.59. The maximum Gasteiger partial charge on any atom is 0.296 e. The summed E-state index contributed by atoms with van der Waals surface area (Å²) in [6, 6.07) is 5.20. The van der Waals surface area contributed by atoms with Crippen molar-refractivity contribution in [3.05, 3.63) is 28.3 Å². The summed E-state index contributed by atoms with van der Waals surface area (Å²) in [4.78, 5) is 10.8. The van der Waals surface area contributed by atoms with Crippen LogP contribution in [0.2, 0.25) is 0 Å². The van der Waals surface area contributed by atoms with Gasteiger partial charge in [0, 0.05) is 6.04 Å². The summed E-state index contributed by atoms with van der Waals surface area (Å²) in [6.45, 7) is 6.63. The van der Waals surface area contributed by atoms with Crippen LogP contribution in [-0.4, -0.2) is 17.6 Å². The summed E-state index contributed by atoms with van der Waals surface area (Å²) >= 11 is 0. The lowest BCUT2D eigenvalue weighted by Gasteiger charge is -2.21. The van der Waals surface area contributed by atoms with E-state index in [4.69, 9.17) is 4.74 Å². The highest BCUT2D eigenvalue weighted by molar-refractivity contribution is 5.64. The van der Waals surface area contributed by atoms with Crippen molar-refractivity contribution < 1.29 is 9.66 Å². The molecule has 0 radical (unpaired) electrons. The van der Waals surface area contributed by atoms with E-state index in [2.05, 4.69) is 19.2 Å². The number of rotatable bonds is 6. The smallest absolute Gasteiger partial charge is 0.296 e. The molecule has 0 aliphatic heterocycles. The number of hydrogen-bond acceptors (Lipinski definition) is 4. The molecule has 19 heavy (non-hydrogen) atoms. The third kappa shape index (κ3) is 2.97. The van der Waals surface area contributed by atoms with Gasteiger partial charge in [0.1, 0.15) is 11.4 Å². The van der Waals surface area contributed by atoms with Crippen molar-refractivity contribution >= 4 is 11.4 Å². The van der Waals surface area contributed by atoms with Crippen LogP contribution in [0.15, 0.2) is 18.2 Å². The Morgan fingerprint density at radius 1 is 1.53 bits per heavy atom. The predicted molar refractivity (Wildman–Crippen MR) is 74.7 cm³/mol. The Balaban J connectivity index is 2.21. The van der Waals surface area contributed by atoms with Crippen LogP contribution in [0.1, 0.15) is 33.6 Å². The molecular weight excluding hydrogens is 244 g/mol. The van der Waals surface area contributed by atoms with Crippen LogP contribution in [0.25, 0.3) is 0 Å². The van der Waals surface area contributed by atoms with E-state index in [-0.39, 0.29) is 22.1 Å². The van der Waals surface area contributed by atoms with E-state index in [1.54, 1.807) is 12.1 Å². The Labute approximate surface area is 113 Å². The third-order valence-corrected chi connectivity index (χ3v) is 3.93. The maximum absolute atomic E-state index is 11.1. The first-order valence-corrected chi connectivity index (χ1v) is 6.64. The molecule has 1 unspecified atom stereocenters. The Morgan fingerprint density at radius 2 is 2.21 bits per heavy atom. The van der Waals surface area contributed by atoms with Crippen molar-refractivity contribution in [2.24, 2.45) is 5.41 Å². The molecule has 1 aromatic rings. The standard InChI is InChI=1S/C14H20N2O3/c1-4-19-11-5-6-12(13(9-11)16(17)18)15-10(2)14(3)7-8-14/h5-6,9-10,15H,4,7-8H2,1-3H3. The monoisotopic (exact) mass is 264 g/mol. The second kappa shape index (κ2) is 5.07. The van der Waals surface area contributed by atoms with Gasteiger partial charge in [-0.15, -0.1) is 0 Å². The summed E-state index contributed by atoms with van der Waals surface area (Å²) in [6.07, 6.45) is 2.35. The summed E-state index contributed by atoms with van der Waals surface area (Å²) in [7, 11) is 0. The van der Waals surface area contributed by atoms with Crippen LogP contribution in [0, 0.1) is 15.5 Å².